The summed E-state index contributed by atoms with van der Waals surface area (Å²) in [4.78, 5) is 12.5. The number of hydrogen-bond acceptors (Lipinski definition) is 3. The Balaban J connectivity index is 2.57. The summed E-state index contributed by atoms with van der Waals surface area (Å²) in [6, 6.07) is 10.7. The fraction of sp³-hybridized carbons (Fsp3) is 0.727. The van der Waals surface area contributed by atoms with Gasteiger partial charge in [0.1, 0.15) is 6.79 Å². The van der Waals surface area contributed by atoms with Crippen LogP contribution in [0, 0.1) is 5.92 Å². The van der Waals surface area contributed by atoms with E-state index in [0.717, 1.165) is 19.3 Å². The molecular weight excluding hydrogens is 340 g/mol. The molecule has 0 saturated heterocycles. The van der Waals surface area contributed by atoms with Crippen molar-refractivity contribution in [3.05, 3.63) is 35.9 Å². The Labute approximate surface area is 161 Å². The van der Waals surface area contributed by atoms with Gasteiger partial charge in [0.25, 0.3) is 0 Å². The van der Waals surface area contributed by atoms with Gasteiger partial charge < -0.3 is 14.3 Å². The molecular formula is C22H38O3Si. The van der Waals surface area contributed by atoms with Gasteiger partial charge in [-0.15, -0.1) is 0 Å². The maximum absolute atomic E-state index is 12.5. The maximum Gasteiger partial charge on any atom is 0.206 e. The highest BCUT2D eigenvalue weighted by Crippen LogP contribution is 2.59. The Kier molecular flexibility index (Phi) is 6.76. The van der Waals surface area contributed by atoms with Crippen molar-refractivity contribution in [2.24, 2.45) is 5.92 Å². The van der Waals surface area contributed by atoms with Crippen LogP contribution in [0.2, 0.25) is 10.1 Å². The summed E-state index contributed by atoms with van der Waals surface area (Å²) < 4.78 is 11.3. The molecule has 4 heteroatoms. The van der Waals surface area contributed by atoms with Gasteiger partial charge in [-0.2, -0.15) is 0 Å². The Bertz CT molecular complexity index is 545. The van der Waals surface area contributed by atoms with Crippen molar-refractivity contribution in [2.75, 3.05) is 13.9 Å². The van der Waals surface area contributed by atoms with Crippen LogP contribution in [0.4, 0.5) is 0 Å². The molecule has 0 radical (unpaired) electrons. The van der Waals surface area contributed by atoms with E-state index in [4.69, 9.17) is 9.47 Å². The van der Waals surface area contributed by atoms with Gasteiger partial charge in [-0.3, -0.25) is 0 Å². The van der Waals surface area contributed by atoms with Gasteiger partial charge in [0.2, 0.25) is 8.32 Å². The first kappa shape index (κ1) is 21.6. The van der Waals surface area contributed by atoms with Crippen LogP contribution in [0.3, 0.4) is 0 Å². The van der Waals surface area contributed by atoms with Crippen molar-refractivity contribution in [1.29, 1.82) is 0 Å². The smallest absolute Gasteiger partial charge is 0.206 e. The van der Waals surface area contributed by atoms with Crippen molar-refractivity contribution in [3.8, 4) is 0 Å². The van der Waals surface area contributed by atoms with E-state index in [9.17, 15) is 4.80 Å². The van der Waals surface area contributed by atoms with Crippen LogP contribution in [-0.4, -0.2) is 33.1 Å². The fourth-order valence-corrected chi connectivity index (χ4v) is 11.0. The van der Waals surface area contributed by atoms with Gasteiger partial charge in [-0.1, -0.05) is 78.3 Å². The Hall–Kier alpha value is -0.683. The molecule has 1 aromatic carbocycles. The second-order valence-electron chi connectivity index (χ2n) is 9.86. The fourth-order valence-electron chi connectivity index (χ4n) is 5.21. The van der Waals surface area contributed by atoms with Crippen LogP contribution in [0.1, 0.15) is 71.9 Å². The first-order valence-electron chi connectivity index (χ1n) is 9.92. The summed E-state index contributed by atoms with van der Waals surface area (Å²) in [6.45, 7) is 13.7. The van der Waals surface area contributed by atoms with Crippen LogP contribution in [0.15, 0.2) is 30.3 Å². The Morgan fingerprint density at radius 2 is 1.62 bits per heavy atom. The molecule has 1 fully saturated rings. The molecule has 3 nitrogen and oxygen atoms in total. The maximum atomic E-state index is 12.5. The lowest BCUT2D eigenvalue weighted by Gasteiger charge is -2.54. The first-order chi connectivity index (χ1) is 12.0. The predicted octanol–water partition coefficient (Wildman–Crippen LogP) is 5.64. The van der Waals surface area contributed by atoms with E-state index < -0.39 is 8.32 Å². The summed E-state index contributed by atoms with van der Waals surface area (Å²) in [5, 5.41) is -0.277. The van der Waals surface area contributed by atoms with E-state index in [0.29, 0.717) is 12.7 Å². The summed E-state index contributed by atoms with van der Waals surface area (Å²) in [5.74, 6) is 0.336. The first-order valence-corrected chi connectivity index (χ1v) is 11.9. The summed E-state index contributed by atoms with van der Waals surface area (Å²) in [7, 11) is -1.12. The topological polar surface area (TPSA) is 38.7 Å². The average Bonchev–Trinajstić information content (AvgIpc) is 3.00. The van der Waals surface area contributed by atoms with Crippen LogP contribution in [0.25, 0.3) is 0 Å². The van der Waals surface area contributed by atoms with Crippen LogP contribution < -0.4 is 0 Å². The second kappa shape index (κ2) is 8.13. The molecule has 26 heavy (non-hydrogen) atoms. The lowest BCUT2D eigenvalue weighted by molar-refractivity contribution is -0.0848. The minimum absolute atomic E-state index is 0.139. The van der Waals surface area contributed by atoms with Gasteiger partial charge in [0.05, 0.1) is 6.10 Å². The van der Waals surface area contributed by atoms with Crippen LogP contribution in [-0.2, 0) is 9.47 Å². The van der Waals surface area contributed by atoms with E-state index >= 15 is 0 Å². The molecule has 1 aliphatic rings. The van der Waals surface area contributed by atoms with Gasteiger partial charge in [0, 0.05) is 12.7 Å². The molecule has 1 aromatic rings. The van der Waals surface area contributed by atoms with Gasteiger partial charge in [0.15, 0.2) is 0 Å². The minimum Gasteiger partial charge on any atom is -0.430 e. The van der Waals surface area contributed by atoms with Crippen molar-refractivity contribution >= 4 is 8.32 Å². The number of rotatable bonds is 6. The third-order valence-electron chi connectivity index (χ3n) is 6.23. The highest BCUT2D eigenvalue weighted by Gasteiger charge is 2.61. The molecule has 3 atom stereocenters. The lowest BCUT2D eigenvalue weighted by atomic mass is 9.95. The molecule has 1 aliphatic carbocycles. The highest BCUT2D eigenvalue weighted by atomic mass is 28.4. The Morgan fingerprint density at radius 1 is 1.04 bits per heavy atom. The van der Waals surface area contributed by atoms with Crippen LogP contribution in [0.5, 0.6) is 0 Å². The van der Waals surface area contributed by atoms with Crippen LogP contribution >= 0.6 is 0 Å². The highest BCUT2D eigenvalue weighted by molar-refractivity contribution is 6.79. The van der Waals surface area contributed by atoms with E-state index in [2.05, 4.69) is 71.9 Å². The van der Waals surface area contributed by atoms with Gasteiger partial charge in [-0.05, 0) is 34.4 Å². The Morgan fingerprint density at radius 3 is 2.12 bits per heavy atom. The zero-order valence-electron chi connectivity index (χ0n) is 17.7. The molecule has 0 bridgehead atoms. The number of methoxy groups -OCH3 is 1. The van der Waals surface area contributed by atoms with E-state index in [-0.39, 0.29) is 21.7 Å². The molecule has 1 saturated carbocycles. The van der Waals surface area contributed by atoms with Crippen molar-refractivity contribution < 1.29 is 14.3 Å². The molecule has 0 heterocycles. The normalized spacial score (nSPS) is 23.2. The van der Waals surface area contributed by atoms with E-state index in [1.54, 1.807) is 7.11 Å². The van der Waals surface area contributed by atoms with Gasteiger partial charge in [-0.25, -0.2) is 0 Å². The monoisotopic (exact) mass is 378 g/mol. The van der Waals surface area contributed by atoms with E-state index in [1.807, 2.05) is 0 Å². The molecule has 0 aromatic heterocycles. The SMILES string of the molecule is COCO[C@@H]1CCC[C@@H]1C(c1ccccc1)[Si](O)(C(C)(C)C)C(C)(C)C. The molecule has 0 spiro atoms. The molecule has 1 unspecified atom stereocenters. The quantitative estimate of drug-likeness (QED) is 0.514. The van der Waals surface area contributed by atoms with Gasteiger partial charge >= 0.3 is 0 Å². The van der Waals surface area contributed by atoms with E-state index in [1.165, 1.54) is 5.56 Å². The predicted molar refractivity (Wildman–Crippen MR) is 111 cm³/mol. The molecule has 148 valence electrons. The summed E-state index contributed by atoms with van der Waals surface area (Å²) >= 11 is 0. The zero-order chi connectivity index (χ0) is 19.6. The number of hydrogen-bond donors (Lipinski definition) is 1. The number of benzene rings is 1. The zero-order valence-corrected chi connectivity index (χ0v) is 18.7. The minimum atomic E-state index is -2.79. The number of ether oxygens (including phenoxy) is 2. The largest absolute Gasteiger partial charge is 0.430 e. The second-order valence-corrected chi connectivity index (χ2v) is 15.0. The third-order valence-corrected chi connectivity index (χ3v) is 12.5. The van der Waals surface area contributed by atoms with Crippen molar-refractivity contribution in [1.82, 2.24) is 0 Å². The molecule has 0 amide bonds. The lowest BCUT2D eigenvalue weighted by Crippen LogP contribution is -2.59. The average molecular weight is 379 g/mol. The van der Waals surface area contributed by atoms with Crippen molar-refractivity contribution in [3.63, 3.8) is 0 Å². The standard InChI is InChI=1S/C22H38O3Si/c1-21(2,3)26(23,22(4,5)6)20(17-12-9-8-10-13-17)18-14-11-15-19(18)25-16-24-7/h8-10,12-13,18-20,23H,11,14-16H2,1-7H3/t18-,19+,20?/m0/s1. The molecule has 1 N–H and O–H groups in total. The molecule has 2 rings (SSSR count). The third kappa shape index (κ3) is 4.09. The molecule has 0 aliphatic heterocycles. The van der Waals surface area contributed by atoms with Crippen molar-refractivity contribution in [2.45, 2.75) is 82.5 Å². The summed E-state index contributed by atoms with van der Waals surface area (Å²) in [6.07, 6.45) is 3.47. The summed E-state index contributed by atoms with van der Waals surface area (Å²) in [5.41, 5.74) is 1.41.